The van der Waals surface area contributed by atoms with Crippen molar-refractivity contribution in [3.63, 3.8) is 0 Å². The van der Waals surface area contributed by atoms with Crippen molar-refractivity contribution in [1.29, 1.82) is 0 Å². The number of nitrogens with zero attached hydrogens (tertiary/aromatic N) is 8. The fraction of sp³-hybridized carbons (Fsp3) is 0.273. The highest BCUT2D eigenvalue weighted by Crippen LogP contribution is 2.40. The molecule has 4 aliphatic heterocycles. The number of esters is 1. The third kappa shape index (κ3) is 6.88. The summed E-state index contributed by atoms with van der Waals surface area (Å²) >= 11 is 6.71. The number of aromatic carboxylic acids is 1. The van der Waals surface area contributed by atoms with E-state index in [0.29, 0.717) is 29.8 Å². The second-order valence-electron chi connectivity index (χ2n) is 12.0. The minimum atomic E-state index is -1.12. The first-order valence-electron chi connectivity index (χ1n) is 15.9. The standard InChI is InChI=1S/C17H16BrN5O3.C16H14BrN5O3/c1-26-16(24)12-2-3-13-15(20-12)23(11-5-7-22(13)9-11)17(25)21-14-8-10(18)4-6-19-14;17-9-3-5-18-13(7-9)20-16(25)22-10-4-6-21(8-10)12-2-1-11(15(23)24)19-14(12)22/h2-4,6,8,11H,5,7,9H2,1H3,(H,19,21,25);1-3,5,7,10H,4,6,8H2,(H,23,24)(H,18,20,25)/t11-;10-/m00/s1. The van der Waals surface area contributed by atoms with E-state index in [1.807, 2.05) is 6.07 Å². The number of pyridine rings is 4. The first-order chi connectivity index (χ1) is 24.6. The van der Waals surface area contributed by atoms with Crippen LogP contribution in [0, 0.1) is 0 Å². The molecule has 0 radical (unpaired) electrons. The van der Waals surface area contributed by atoms with E-state index in [0.717, 1.165) is 52.8 Å². The van der Waals surface area contributed by atoms with Crippen LogP contribution in [0.4, 0.5) is 44.2 Å². The molecular formula is C33H30Br2N10O6. The van der Waals surface area contributed by atoms with Crippen molar-refractivity contribution in [3.05, 3.63) is 81.3 Å². The van der Waals surface area contributed by atoms with Gasteiger partial charge in [-0.2, -0.15) is 0 Å². The van der Waals surface area contributed by atoms with Crippen LogP contribution < -0.4 is 30.2 Å². The number of ether oxygens (including phenoxy) is 1. The molecule has 8 heterocycles. The summed E-state index contributed by atoms with van der Waals surface area (Å²) in [5, 5.41) is 14.8. The Morgan fingerprint density at radius 1 is 0.745 bits per heavy atom. The molecule has 8 rings (SSSR count). The molecule has 4 bridgehead atoms. The van der Waals surface area contributed by atoms with Crippen molar-refractivity contribution in [3.8, 4) is 0 Å². The van der Waals surface area contributed by atoms with Gasteiger partial charge in [-0.15, -0.1) is 0 Å². The maximum Gasteiger partial charge on any atom is 0.356 e. The summed E-state index contributed by atoms with van der Waals surface area (Å²) in [6.07, 6.45) is 4.83. The van der Waals surface area contributed by atoms with Gasteiger partial charge in [0.25, 0.3) is 0 Å². The number of amides is 4. The number of methoxy groups -OCH3 is 1. The van der Waals surface area contributed by atoms with E-state index >= 15 is 0 Å². The zero-order valence-corrected chi connectivity index (χ0v) is 30.2. The third-order valence-electron chi connectivity index (χ3n) is 8.87. The second kappa shape index (κ2) is 14.1. The molecule has 2 atom stereocenters. The van der Waals surface area contributed by atoms with Crippen LogP contribution >= 0.6 is 31.9 Å². The van der Waals surface area contributed by atoms with E-state index in [2.05, 4.69) is 72.2 Å². The monoisotopic (exact) mass is 820 g/mol. The van der Waals surface area contributed by atoms with Crippen molar-refractivity contribution in [2.75, 3.05) is 63.5 Å². The van der Waals surface area contributed by atoms with Crippen molar-refractivity contribution < 1.29 is 29.0 Å². The predicted octanol–water partition coefficient (Wildman–Crippen LogP) is 5.22. The van der Waals surface area contributed by atoms with Crippen LogP contribution in [0.1, 0.15) is 33.8 Å². The second-order valence-corrected chi connectivity index (χ2v) is 13.8. The average molecular weight is 822 g/mol. The molecule has 262 valence electrons. The van der Waals surface area contributed by atoms with E-state index in [9.17, 15) is 24.3 Å². The Hall–Kier alpha value is -5.36. The van der Waals surface area contributed by atoms with Gasteiger partial charge in [-0.1, -0.05) is 31.9 Å². The Labute approximate surface area is 308 Å². The summed E-state index contributed by atoms with van der Waals surface area (Å²) in [7, 11) is 1.31. The lowest BCUT2D eigenvalue weighted by Crippen LogP contribution is -2.48. The normalized spacial score (nSPS) is 17.9. The quantitative estimate of drug-likeness (QED) is 0.228. The molecule has 18 heteroatoms. The van der Waals surface area contributed by atoms with Gasteiger partial charge in [0, 0.05) is 47.5 Å². The molecule has 0 aromatic carbocycles. The molecule has 2 saturated heterocycles. The number of anilines is 6. The molecule has 3 N–H and O–H groups in total. The maximum absolute atomic E-state index is 13.0. The number of hydrogen-bond acceptors (Lipinski definition) is 11. The molecule has 0 saturated carbocycles. The minimum Gasteiger partial charge on any atom is -0.477 e. The molecule has 0 spiro atoms. The summed E-state index contributed by atoms with van der Waals surface area (Å²) in [5.74, 6) is 0.0426. The van der Waals surface area contributed by atoms with Crippen LogP contribution in [-0.4, -0.2) is 94.4 Å². The van der Waals surface area contributed by atoms with Gasteiger partial charge in [-0.05, 0) is 61.4 Å². The Bertz CT molecular complexity index is 2050. The van der Waals surface area contributed by atoms with Gasteiger partial charge in [0.1, 0.15) is 11.6 Å². The van der Waals surface area contributed by atoms with Crippen molar-refractivity contribution >= 4 is 90.5 Å². The van der Waals surface area contributed by atoms with Crippen molar-refractivity contribution in [2.24, 2.45) is 0 Å². The van der Waals surface area contributed by atoms with Crippen molar-refractivity contribution in [2.45, 2.75) is 24.9 Å². The van der Waals surface area contributed by atoms with Crippen molar-refractivity contribution in [1.82, 2.24) is 19.9 Å². The maximum atomic E-state index is 13.0. The van der Waals surface area contributed by atoms with Gasteiger partial charge in [0.05, 0.1) is 30.6 Å². The third-order valence-corrected chi connectivity index (χ3v) is 9.86. The molecule has 4 aliphatic rings. The van der Waals surface area contributed by atoms with Gasteiger partial charge in [0.2, 0.25) is 0 Å². The highest BCUT2D eigenvalue weighted by atomic mass is 79.9. The molecule has 16 nitrogen and oxygen atoms in total. The number of fused-ring (bicyclic) bond motifs is 8. The smallest absolute Gasteiger partial charge is 0.356 e. The average Bonchev–Trinajstić information content (AvgIpc) is 3.73. The van der Waals surface area contributed by atoms with E-state index in [1.165, 1.54) is 13.2 Å². The van der Waals surface area contributed by atoms with Gasteiger partial charge in [-0.25, -0.2) is 39.1 Å². The van der Waals surface area contributed by atoms with Crippen LogP contribution in [0.5, 0.6) is 0 Å². The zero-order valence-electron chi connectivity index (χ0n) is 27.0. The largest absolute Gasteiger partial charge is 0.477 e. The van der Waals surface area contributed by atoms with Crippen LogP contribution in [0.15, 0.2) is 69.9 Å². The fourth-order valence-corrected chi connectivity index (χ4v) is 7.24. The molecule has 4 aromatic heterocycles. The summed E-state index contributed by atoms with van der Waals surface area (Å²) in [5.41, 5.74) is 1.70. The highest BCUT2D eigenvalue weighted by Gasteiger charge is 2.42. The molecule has 4 aromatic rings. The van der Waals surface area contributed by atoms with E-state index in [-0.39, 0.29) is 35.5 Å². The number of aromatic nitrogens is 4. The molecule has 51 heavy (non-hydrogen) atoms. The summed E-state index contributed by atoms with van der Waals surface area (Å²) in [6, 6.07) is 12.8. The topological polar surface area (TPSA) is 186 Å². The number of carboxylic acids is 1. The number of hydrogen-bond donors (Lipinski definition) is 3. The molecular weight excluding hydrogens is 792 g/mol. The number of carboxylic acid groups (broad SMARTS) is 1. The summed E-state index contributed by atoms with van der Waals surface area (Å²) in [4.78, 5) is 73.3. The van der Waals surface area contributed by atoms with Gasteiger partial charge < -0.3 is 19.6 Å². The number of rotatable bonds is 4. The SMILES string of the molecule is COC(=O)c1ccc2c(n1)N(C(=O)Nc1cc(Br)ccn1)[C@H]1CCN2C1.O=C(O)c1ccc2c(n1)N(C(=O)Nc1cc(Br)ccn1)[C@H]1CCN2C1. The van der Waals surface area contributed by atoms with E-state index in [1.54, 1.807) is 58.6 Å². The summed E-state index contributed by atoms with van der Waals surface area (Å²) in [6.45, 7) is 3.10. The molecule has 0 aliphatic carbocycles. The van der Waals surface area contributed by atoms with Crippen LogP contribution in [0.25, 0.3) is 0 Å². The minimum absolute atomic E-state index is 0.00458. The lowest BCUT2D eigenvalue weighted by molar-refractivity contribution is 0.0593. The Balaban J connectivity index is 0.000000159. The Kier molecular flexibility index (Phi) is 9.43. The molecule has 2 fully saturated rings. The number of carbonyl (C=O) groups is 4. The Morgan fingerprint density at radius 3 is 1.67 bits per heavy atom. The fourth-order valence-electron chi connectivity index (χ4n) is 6.57. The first-order valence-corrected chi connectivity index (χ1v) is 17.5. The number of nitrogens with one attached hydrogen (secondary N) is 2. The first kappa shape index (κ1) is 34.1. The van der Waals surface area contributed by atoms with Crippen LogP contribution in [0.3, 0.4) is 0 Å². The number of urea groups is 2. The van der Waals surface area contributed by atoms with E-state index in [4.69, 9.17) is 4.74 Å². The predicted molar refractivity (Wildman–Crippen MR) is 195 cm³/mol. The lowest BCUT2D eigenvalue weighted by Gasteiger charge is -2.35. The van der Waals surface area contributed by atoms with Gasteiger partial charge >= 0.3 is 24.0 Å². The highest BCUT2D eigenvalue weighted by molar-refractivity contribution is 9.10. The number of carbonyl (C=O) groups excluding carboxylic acids is 3. The van der Waals surface area contributed by atoms with Gasteiger partial charge in [0.15, 0.2) is 23.0 Å². The zero-order chi connectivity index (χ0) is 35.8. The Morgan fingerprint density at radius 2 is 1.22 bits per heavy atom. The van der Waals surface area contributed by atoms with Crippen LogP contribution in [0.2, 0.25) is 0 Å². The molecule has 0 unspecified atom stereocenters. The summed E-state index contributed by atoms with van der Waals surface area (Å²) < 4.78 is 6.37. The van der Waals surface area contributed by atoms with Crippen LogP contribution in [-0.2, 0) is 4.74 Å². The van der Waals surface area contributed by atoms with Gasteiger partial charge in [-0.3, -0.25) is 20.4 Å². The number of halogens is 2. The van der Waals surface area contributed by atoms with E-state index < -0.39 is 11.9 Å². The lowest BCUT2D eigenvalue weighted by atomic mass is 10.2. The molecule has 4 amide bonds.